The highest BCUT2D eigenvalue weighted by Gasteiger charge is 2.20. The van der Waals surface area contributed by atoms with Gasteiger partial charge < -0.3 is 5.32 Å². The van der Waals surface area contributed by atoms with Crippen LogP contribution in [0.4, 0.5) is 4.79 Å². The predicted octanol–water partition coefficient (Wildman–Crippen LogP) is 3.68. The maximum absolute atomic E-state index is 11.1. The highest BCUT2D eigenvalue weighted by atomic mass is 32.2. The number of amides is 1. The van der Waals surface area contributed by atoms with Crippen molar-refractivity contribution in [3.05, 3.63) is 35.9 Å². The van der Waals surface area contributed by atoms with Gasteiger partial charge in [-0.3, -0.25) is 4.84 Å². The Bertz CT molecular complexity index is 453. The molecule has 1 aromatic carbocycles. The zero-order chi connectivity index (χ0) is 15.0. The lowest BCUT2D eigenvalue weighted by molar-refractivity contribution is 0.152. The summed E-state index contributed by atoms with van der Waals surface area (Å²) in [6.45, 7) is 6.17. The molecule has 0 aromatic heterocycles. The molecule has 0 unspecified atom stereocenters. The number of rotatable bonds is 5. The van der Waals surface area contributed by atoms with Crippen molar-refractivity contribution in [3.8, 4) is 0 Å². The Labute approximate surface area is 125 Å². The van der Waals surface area contributed by atoms with Crippen molar-refractivity contribution in [1.29, 1.82) is 0 Å². The topological polar surface area (TPSA) is 50.7 Å². The zero-order valence-corrected chi connectivity index (χ0v) is 13.3. The van der Waals surface area contributed by atoms with Gasteiger partial charge in [0.05, 0.1) is 5.71 Å². The van der Waals surface area contributed by atoms with E-state index in [4.69, 9.17) is 4.84 Å². The van der Waals surface area contributed by atoms with Gasteiger partial charge in [0.15, 0.2) is 0 Å². The van der Waals surface area contributed by atoms with Crippen LogP contribution in [0.3, 0.4) is 0 Å². The molecular weight excluding hydrogens is 272 g/mol. The lowest BCUT2D eigenvalue weighted by Crippen LogP contribution is -2.25. The quantitative estimate of drug-likeness (QED) is 0.512. The van der Waals surface area contributed by atoms with Gasteiger partial charge in [-0.1, -0.05) is 56.3 Å². The minimum Gasteiger partial charge on any atom is -0.323 e. The lowest BCUT2D eigenvalue weighted by atomic mass is 9.91. The van der Waals surface area contributed by atoms with Crippen molar-refractivity contribution in [1.82, 2.24) is 5.32 Å². The third-order valence-electron chi connectivity index (χ3n) is 2.66. The number of hydrogen-bond acceptors (Lipinski definition) is 4. The summed E-state index contributed by atoms with van der Waals surface area (Å²) in [5.74, 6) is 1.64. The molecule has 1 amide bonds. The maximum atomic E-state index is 11.1. The summed E-state index contributed by atoms with van der Waals surface area (Å²) in [5.41, 5.74) is 2.01. The molecule has 20 heavy (non-hydrogen) atoms. The van der Waals surface area contributed by atoms with Crippen LogP contribution in [0.1, 0.15) is 26.3 Å². The van der Waals surface area contributed by atoms with Crippen LogP contribution in [-0.2, 0) is 10.6 Å². The fourth-order valence-electron chi connectivity index (χ4n) is 1.36. The number of nitrogens with one attached hydrogen (secondary N) is 1. The van der Waals surface area contributed by atoms with Gasteiger partial charge in [-0.15, -0.1) is 0 Å². The van der Waals surface area contributed by atoms with Crippen molar-refractivity contribution in [2.24, 2.45) is 10.6 Å². The van der Waals surface area contributed by atoms with E-state index >= 15 is 0 Å². The number of benzene rings is 1. The van der Waals surface area contributed by atoms with Crippen LogP contribution < -0.4 is 5.32 Å². The molecule has 0 heterocycles. The van der Waals surface area contributed by atoms with E-state index in [1.54, 1.807) is 11.8 Å². The van der Waals surface area contributed by atoms with E-state index in [1.807, 2.05) is 18.2 Å². The van der Waals surface area contributed by atoms with E-state index in [2.05, 4.69) is 43.4 Å². The Hall–Kier alpha value is -1.49. The number of oxime groups is 1. The van der Waals surface area contributed by atoms with Crippen molar-refractivity contribution in [2.45, 2.75) is 26.5 Å². The van der Waals surface area contributed by atoms with E-state index in [1.165, 1.54) is 12.6 Å². The second-order valence-electron chi connectivity index (χ2n) is 5.40. The third kappa shape index (κ3) is 6.10. The number of carbonyl (C=O) groups excluding carboxylic acids is 1. The normalized spacial score (nSPS) is 12.1. The largest absolute Gasteiger partial charge is 0.433 e. The van der Waals surface area contributed by atoms with Crippen LogP contribution in [0.5, 0.6) is 0 Å². The molecule has 0 atom stereocenters. The van der Waals surface area contributed by atoms with Crippen molar-refractivity contribution < 1.29 is 9.63 Å². The van der Waals surface area contributed by atoms with Crippen molar-refractivity contribution in [3.63, 3.8) is 0 Å². The molecule has 0 aliphatic carbocycles. The molecule has 0 fully saturated rings. The second-order valence-corrected chi connectivity index (χ2v) is 6.38. The summed E-state index contributed by atoms with van der Waals surface area (Å²) in [4.78, 5) is 15.9. The first-order chi connectivity index (χ1) is 9.43. The number of nitrogens with zero attached hydrogens (tertiary/aromatic N) is 1. The third-order valence-corrected chi connectivity index (χ3v) is 3.67. The van der Waals surface area contributed by atoms with Gasteiger partial charge in [-0.2, -0.15) is 11.8 Å². The van der Waals surface area contributed by atoms with E-state index in [-0.39, 0.29) is 5.41 Å². The summed E-state index contributed by atoms with van der Waals surface area (Å²) >= 11 is 1.76. The fraction of sp³-hybridized carbons (Fsp3) is 0.467. The molecule has 0 bridgehead atoms. The Morgan fingerprint density at radius 2 is 1.95 bits per heavy atom. The maximum Gasteiger partial charge on any atom is 0.433 e. The molecule has 0 radical (unpaired) electrons. The first-order valence-electron chi connectivity index (χ1n) is 6.51. The number of carbonyl (C=O) groups is 1. The van der Waals surface area contributed by atoms with Gasteiger partial charge in [-0.25, -0.2) is 4.79 Å². The predicted molar refractivity (Wildman–Crippen MR) is 85.0 cm³/mol. The monoisotopic (exact) mass is 294 g/mol. The van der Waals surface area contributed by atoms with E-state index in [9.17, 15) is 4.79 Å². The summed E-state index contributed by atoms with van der Waals surface area (Å²) in [7, 11) is 1.51. The molecule has 0 aliphatic heterocycles. The van der Waals surface area contributed by atoms with Crippen LogP contribution in [0, 0.1) is 5.41 Å². The molecule has 0 saturated carbocycles. The van der Waals surface area contributed by atoms with E-state index in [0.29, 0.717) is 0 Å². The molecule has 0 saturated heterocycles. The SMILES string of the molecule is CNC(=O)ON=C(CSCc1ccccc1)C(C)(C)C. The summed E-state index contributed by atoms with van der Waals surface area (Å²) in [6.07, 6.45) is -0.542. The van der Waals surface area contributed by atoms with Crippen molar-refractivity contribution >= 4 is 23.6 Å². The minimum atomic E-state index is -0.542. The first kappa shape index (κ1) is 16.6. The standard InChI is InChI=1S/C15H22N2O2S/c1-15(2,3)13(17-19-14(18)16-4)11-20-10-12-8-6-5-7-9-12/h5-9H,10-11H2,1-4H3,(H,16,18). The molecular formula is C15H22N2O2S. The Morgan fingerprint density at radius 1 is 1.30 bits per heavy atom. The smallest absolute Gasteiger partial charge is 0.323 e. The average Bonchev–Trinajstić information content (AvgIpc) is 2.42. The van der Waals surface area contributed by atoms with Crippen LogP contribution in [0.2, 0.25) is 0 Å². The van der Waals surface area contributed by atoms with Crippen molar-refractivity contribution in [2.75, 3.05) is 12.8 Å². The molecule has 110 valence electrons. The first-order valence-corrected chi connectivity index (χ1v) is 7.66. The minimum absolute atomic E-state index is 0.127. The second kappa shape index (κ2) is 7.94. The zero-order valence-electron chi connectivity index (χ0n) is 12.5. The number of thioether (sulfide) groups is 1. The highest BCUT2D eigenvalue weighted by molar-refractivity contribution is 7.99. The molecule has 5 heteroatoms. The number of hydrogen-bond donors (Lipinski definition) is 1. The molecule has 1 aromatic rings. The molecule has 1 N–H and O–H groups in total. The van der Waals surface area contributed by atoms with Crippen LogP contribution in [0.25, 0.3) is 0 Å². The van der Waals surface area contributed by atoms with Gasteiger partial charge in [0.2, 0.25) is 0 Å². The highest BCUT2D eigenvalue weighted by Crippen LogP contribution is 2.21. The van der Waals surface area contributed by atoms with Crippen LogP contribution in [0.15, 0.2) is 35.5 Å². The van der Waals surface area contributed by atoms with E-state index < -0.39 is 6.09 Å². The average molecular weight is 294 g/mol. The van der Waals surface area contributed by atoms with Gasteiger partial charge in [-0.05, 0) is 5.56 Å². The summed E-state index contributed by atoms with van der Waals surface area (Å²) in [5, 5.41) is 6.36. The Balaban J connectivity index is 2.55. The van der Waals surface area contributed by atoms with Crippen LogP contribution >= 0.6 is 11.8 Å². The Morgan fingerprint density at radius 3 is 2.50 bits per heavy atom. The van der Waals surface area contributed by atoms with Gasteiger partial charge >= 0.3 is 6.09 Å². The lowest BCUT2D eigenvalue weighted by Gasteiger charge is -2.20. The summed E-state index contributed by atoms with van der Waals surface area (Å²) < 4.78 is 0. The van der Waals surface area contributed by atoms with Gasteiger partial charge in [0.1, 0.15) is 0 Å². The Kier molecular flexibility index (Phi) is 6.58. The molecule has 0 aliphatic rings. The van der Waals surface area contributed by atoms with Crippen LogP contribution in [-0.4, -0.2) is 24.6 Å². The van der Waals surface area contributed by atoms with Gasteiger partial charge in [0.25, 0.3) is 0 Å². The van der Waals surface area contributed by atoms with E-state index in [0.717, 1.165) is 17.2 Å². The van der Waals surface area contributed by atoms with Gasteiger partial charge in [0, 0.05) is 24.0 Å². The molecule has 4 nitrogen and oxygen atoms in total. The fourth-order valence-corrected chi connectivity index (χ4v) is 2.57. The molecule has 0 spiro atoms. The summed E-state index contributed by atoms with van der Waals surface area (Å²) in [6, 6.07) is 10.3. The molecule has 1 rings (SSSR count).